The van der Waals surface area contributed by atoms with Gasteiger partial charge >= 0.3 is 0 Å². The first kappa shape index (κ1) is 18.0. The van der Waals surface area contributed by atoms with Gasteiger partial charge in [0.05, 0.1) is 6.61 Å². The van der Waals surface area contributed by atoms with Crippen molar-refractivity contribution in [3.8, 4) is 5.75 Å². The molecular weight excluding hydrogens is 258 g/mol. The van der Waals surface area contributed by atoms with Gasteiger partial charge < -0.3 is 10.1 Å². The molecule has 0 saturated carbocycles. The van der Waals surface area contributed by atoms with Gasteiger partial charge in [0.1, 0.15) is 5.75 Å². The van der Waals surface area contributed by atoms with Crippen molar-refractivity contribution in [2.24, 2.45) is 0 Å². The SMILES string of the molecule is CCCCCCNCc1cccc(OCCCCCC)c1. The van der Waals surface area contributed by atoms with Crippen LogP contribution in [0.1, 0.15) is 70.8 Å². The van der Waals surface area contributed by atoms with Gasteiger partial charge in [-0.15, -0.1) is 0 Å². The predicted molar refractivity (Wildman–Crippen MR) is 91.9 cm³/mol. The van der Waals surface area contributed by atoms with E-state index in [9.17, 15) is 0 Å². The Morgan fingerprint density at radius 3 is 2.43 bits per heavy atom. The Labute approximate surface area is 131 Å². The molecule has 0 aliphatic carbocycles. The van der Waals surface area contributed by atoms with Gasteiger partial charge in [-0.25, -0.2) is 0 Å². The van der Waals surface area contributed by atoms with Gasteiger partial charge in [-0.2, -0.15) is 0 Å². The van der Waals surface area contributed by atoms with Crippen LogP contribution in [0.2, 0.25) is 0 Å². The van der Waals surface area contributed by atoms with Gasteiger partial charge in [0.15, 0.2) is 0 Å². The van der Waals surface area contributed by atoms with Crippen molar-refractivity contribution in [3.05, 3.63) is 29.8 Å². The summed E-state index contributed by atoms with van der Waals surface area (Å²) in [7, 11) is 0. The first-order chi connectivity index (χ1) is 10.4. The number of unbranched alkanes of at least 4 members (excludes halogenated alkanes) is 6. The van der Waals surface area contributed by atoms with Crippen molar-refractivity contribution in [3.63, 3.8) is 0 Å². The molecule has 0 heterocycles. The van der Waals surface area contributed by atoms with Crippen molar-refractivity contribution >= 4 is 0 Å². The molecular formula is C19H33NO. The second kappa shape index (κ2) is 12.7. The number of hydrogen-bond acceptors (Lipinski definition) is 2. The van der Waals surface area contributed by atoms with Crippen molar-refractivity contribution < 1.29 is 4.74 Å². The van der Waals surface area contributed by atoms with E-state index in [4.69, 9.17) is 4.74 Å². The van der Waals surface area contributed by atoms with Crippen LogP contribution in [0.15, 0.2) is 24.3 Å². The van der Waals surface area contributed by atoms with Gasteiger partial charge in [-0.1, -0.05) is 64.5 Å². The lowest BCUT2D eigenvalue weighted by atomic mass is 10.2. The molecule has 0 saturated heterocycles. The molecule has 0 atom stereocenters. The molecule has 1 N–H and O–H groups in total. The van der Waals surface area contributed by atoms with Crippen molar-refractivity contribution in [2.45, 2.75) is 71.8 Å². The normalized spacial score (nSPS) is 10.8. The average Bonchev–Trinajstić information content (AvgIpc) is 2.51. The molecule has 0 radical (unpaired) electrons. The fourth-order valence-electron chi connectivity index (χ4n) is 2.37. The van der Waals surface area contributed by atoms with Gasteiger partial charge in [-0.05, 0) is 37.1 Å². The molecule has 1 aromatic carbocycles. The minimum atomic E-state index is 0.841. The summed E-state index contributed by atoms with van der Waals surface area (Å²) >= 11 is 0. The summed E-state index contributed by atoms with van der Waals surface area (Å²) in [5, 5.41) is 3.52. The van der Waals surface area contributed by atoms with Crippen molar-refractivity contribution in [1.82, 2.24) is 5.32 Å². The Kier molecular flexibility index (Phi) is 10.9. The highest BCUT2D eigenvalue weighted by Gasteiger charge is 1.97. The van der Waals surface area contributed by atoms with Gasteiger partial charge in [-0.3, -0.25) is 0 Å². The van der Waals surface area contributed by atoms with Crippen molar-refractivity contribution in [1.29, 1.82) is 0 Å². The minimum Gasteiger partial charge on any atom is -0.494 e. The summed E-state index contributed by atoms with van der Waals surface area (Å²) in [6, 6.07) is 8.49. The third kappa shape index (κ3) is 9.52. The highest BCUT2D eigenvalue weighted by molar-refractivity contribution is 5.28. The van der Waals surface area contributed by atoms with Gasteiger partial charge in [0, 0.05) is 6.54 Å². The molecule has 2 nitrogen and oxygen atoms in total. The number of benzene rings is 1. The Morgan fingerprint density at radius 1 is 0.905 bits per heavy atom. The van der Waals surface area contributed by atoms with E-state index >= 15 is 0 Å². The van der Waals surface area contributed by atoms with Crippen LogP contribution in [0.4, 0.5) is 0 Å². The predicted octanol–water partition coefficient (Wildman–Crippen LogP) is 5.32. The summed E-state index contributed by atoms with van der Waals surface area (Å²) in [6.45, 7) is 7.38. The Hall–Kier alpha value is -1.02. The maximum absolute atomic E-state index is 5.82. The lowest BCUT2D eigenvalue weighted by molar-refractivity contribution is 0.304. The Balaban J connectivity index is 2.16. The molecule has 0 aliphatic heterocycles. The summed E-state index contributed by atoms with van der Waals surface area (Å²) in [4.78, 5) is 0. The molecule has 0 aromatic heterocycles. The number of rotatable bonds is 13. The molecule has 120 valence electrons. The quantitative estimate of drug-likeness (QED) is 0.497. The fourth-order valence-corrected chi connectivity index (χ4v) is 2.37. The molecule has 2 heteroatoms. The Morgan fingerprint density at radius 2 is 1.67 bits per heavy atom. The number of hydrogen-bond donors (Lipinski definition) is 1. The van der Waals surface area contributed by atoms with E-state index in [-0.39, 0.29) is 0 Å². The van der Waals surface area contributed by atoms with E-state index in [0.717, 1.165) is 31.9 Å². The second-order valence-electron chi connectivity index (χ2n) is 5.79. The van der Waals surface area contributed by atoms with Crippen LogP contribution in [0.25, 0.3) is 0 Å². The molecule has 0 amide bonds. The second-order valence-corrected chi connectivity index (χ2v) is 5.79. The zero-order chi connectivity index (χ0) is 15.2. The summed E-state index contributed by atoms with van der Waals surface area (Å²) in [6.07, 6.45) is 10.3. The van der Waals surface area contributed by atoms with Crippen LogP contribution >= 0.6 is 0 Å². The molecule has 0 aliphatic rings. The minimum absolute atomic E-state index is 0.841. The van der Waals surface area contributed by atoms with Gasteiger partial charge in [0.2, 0.25) is 0 Å². The molecule has 0 fully saturated rings. The monoisotopic (exact) mass is 291 g/mol. The number of nitrogens with one attached hydrogen (secondary N) is 1. The first-order valence-electron chi connectivity index (χ1n) is 8.79. The average molecular weight is 291 g/mol. The molecule has 1 aromatic rings. The summed E-state index contributed by atoms with van der Waals surface area (Å²) < 4.78 is 5.82. The molecule has 0 spiro atoms. The van der Waals surface area contributed by atoms with E-state index < -0.39 is 0 Å². The van der Waals surface area contributed by atoms with Gasteiger partial charge in [0.25, 0.3) is 0 Å². The van der Waals surface area contributed by atoms with E-state index in [2.05, 4.69) is 43.4 Å². The molecule has 0 bridgehead atoms. The van der Waals surface area contributed by atoms with E-state index in [1.54, 1.807) is 0 Å². The molecule has 21 heavy (non-hydrogen) atoms. The van der Waals surface area contributed by atoms with E-state index in [1.807, 2.05) is 0 Å². The summed E-state index contributed by atoms with van der Waals surface area (Å²) in [5.74, 6) is 1.01. The molecule has 0 unspecified atom stereocenters. The highest BCUT2D eigenvalue weighted by Crippen LogP contribution is 2.14. The largest absolute Gasteiger partial charge is 0.494 e. The molecule has 1 rings (SSSR count). The number of ether oxygens (including phenoxy) is 1. The Bertz CT molecular complexity index is 351. The lowest BCUT2D eigenvalue weighted by Gasteiger charge is -2.09. The van der Waals surface area contributed by atoms with Crippen LogP contribution in [0, 0.1) is 0 Å². The van der Waals surface area contributed by atoms with Crippen LogP contribution in [0.5, 0.6) is 5.75 Å². The van der Waals surface area contributed by atoms with Crippen LogP contribution < -0.4 is 10.1 Å². The zero-order valence-electron chi connectivity index (χ0n) is 14.0. The maximum atomic E-state index is 5.82. The standard InChI is InChI=1S/C19H33NO/c1-3-5-7-9-14-20-17-18-12-11-13-19(16-18)21-15-10-8-6-4-2/h11-13,16,20H,3-10,14-15,17H2,1-2H3. The topological polar surface area (TPSA) is 21.3 Å². The van der Waals surface area contributed by atoms with Crippen LogP contribution in [0.3, 0.4) is 0 Å². The maximum Gasteiger partial charge on any atom is 0.119 e. The third-order valence-electron chi connectivity index (χ3n) is 3.70. The highest BCUT2D eigenvalue weighted by atomic mass is 16.5. The third-order valence-corrected chi connectivity index (χ3v) is 3.70. The lowest BCUT2D eigenvalue weighted by Crippen LogP contribution is -2.14. The first-order valence-corrected chi connectivity index (χ1v) is 8.79. The fraction of sp³-hybridized carbons (Fsp3) is 0.684. The zero-order valence-corrected chi connectivity index (χ0v) is 14.0. The smallest absolute Gasteiger partial charge is 0.119 e. The van der Waals surface area contributed by atoms with E-state index in [1.165, 1.54) is 50.5 Å². The van der Waals surface area contributed by atoms with E-state index in [0.29, 0.717) is 0 Å². The van der Waals surface area contributed by atoms with Crippen LogP contribution in [-0.4, -0.2) is 13.2 Å². The summed E-state index contributed by atoms with van der Waals surface area (Å²) in [5.41, 5.74) is 1.32. The van der Waals surface area contributed by atoms with Crippen molar-refractivity contribution in [2.75, 3.05) is 13.2 Å². The van der Waals surface area contributed by atoms with Crippen LogP contribution in [-0.2, 0) is 6.54 Å².